The van der Waals surface area contributed by atoms with Crippen LogP contribution in [0.5, 0.6) is 0 Å². The van der Waals surface area contributed by atoms with E-state index in [1.807, 2.05) is 29.7 Å². The standard InChI is InChI=1S/C19H23ClN4O3/c1-4-9-27-10-8-15-21-17-16(18(25)23(3)19(26)22(17)2)24(15)12-13-6-5-7-14(20)11-13/h5-7,11H,4,8-10,12H2,1-3H3. The minimum Gasteiger partial charge on any atom is -0.381 e. The van der Waals surface area contributed by atoms with Crippen molar-refractivity contribution < 1.29 is 4.74 Å². The fourth-order valence-electron chi connectivity index (χ4n) is 3.08. The van der Waals surface area contributed by atoms with E-state index in [2.05, 4.69) is 4.98 Å². The summed E-state index contributed by atoms with van der Waals surface area (Å²) in [6.07, 6.45) is 1.49. The van der Waals surface area contributed by atoms with Crippen LogP contribution in [-0.4, -0.2) is 31.9 Å². The third kappa shape index (κ3) is 3.84. The number of hydrogen-bond donors (Lipinski definition) is 0. The Morgan fingerprint density at radius 3 is 2.63 bits per heavy atom. The molecule has 0 bridgehead atoms. The number of nitrogens with zero attached hydrogens (tertiary/aromatic N) is 4. The van der Waals surface area contributed by atoms with Crippen LogP contribution < -0.4 is 11.2 Å². The summed E-state index contributed by atoms with van der Waals surface area (Å²) < 4.78 is 9.96. The van der Waals surface area contributed by atoms with Gasteiger partial charge in [0.25, 0.3) is 5.56 Å². The number of imidazole rings is 1. The topological polar surface area (TPSA) is 71.1 Å². The Bertz CT molecular complexity index is 1080. The second kappa shape index (κ2) is 8.10. The van der Waals surface area contributed by atoms with Gasteiger partial charge in [0.15, 0.2) is 11.2 Å². The maximum atomic E-state index is 12.8. The van der Waals surface area contributed by atoms with Crippen LogP contribution in [0.4, 0.5) is 0 Å². The summed E-state index contributed by atoms with van der Waals surface area (Å²) in [6, 6.07) is 7.48. The van der Waals surface area contributed by atoms with Gasteiger partial charge in [-0.2, -0.15) is 0 Å². The summed E-state index contributed by atoms with van der Waals surface area (Å²) in [7, 11) is 3.10. The van der Waals surface area contributed by atoms with Gasteiger partial charge >= 0.3 is 5.69 Å². The maximum Gasteiger partial charge on any atom is 0.332 e. The van der Waals surface area contributed by atoms with Crippen LogP contribution in [0.1, 0.15) is 24.7 Å². The zero-order valence-corrected chi connectivity index (χ0v) is 16.5. The molecule has 1 aromatic carbocycles. The Hall–Kier alpha value is -2.38. The predicted octanol–water partition coefficient (Wildman–Crippen LogP) is 2.10. The lowest BCUT2D eigenvalue weighted by molar-refractivity contribution is 0.136. The van der Waals surface area contributed by atoms with Crippen molar-refractivity contribution in [3.05, 3.63) is 61.5 Å². The Balaban J connectivity index is 2.14. The van der Waals surface area contributed by atoms with Crippen LogP contribution in [0.15, 0.2) is 33.9 Å². The Morgan fingerprint density at radius 2 is 1.93 bits per heavy atom. The van der Waals surface area contributed by atoms with Gasteiger partial charge in [-0.15, -0.1) is 0 Å². The van der Waals surface area contributed by atoms with Crippen molar-refractivity contribution in [3.63, 3.8) is 0 Å². The molecule has 0 aliphatic carbocycles. The van der Waals surface area contributed by atoms with Gasteiger partial charge in [0.2, 0.25) is 0 Å². The number of aromatic nitrogens is 4. The van der Waals surface area contributed by atoms with Gasteiger partial charge in [-0.1, -0.05) is 30.7 Å². The molecule has 0 aliphatic heterocycles. The number of halogens is 1. The third-order valence-corrected chi connectivity index (χ3v) is 4.71. The first-order valence-corrected chi connectivity index (χ1v) is 9.29. The minimum absolute atomic E-state index is 0.358. The lowest BCUT2D eigenvalue weighted by Gasteiger charge is -2.10. The van der Waals surface area contributed by atoms with Gasteiger partial charge in [-0.3, -0.25) is 13.9 Å². The second-order valence-corrected chi connectivity index (χ2v) is 6.92. The third-order valence-electron chi connectivity index (χ3n) is 4.48. The highest BCUT2D eigenvalue weighted by molar-refractivity contribution is 6.30. The van der Waals surface area contributed by atoms with Crippen LogP contribution in [-0.2, 0) is 31.8 Å². The molecule has 0 saturated heterocycles. The highest BCUT2D eigenvalue weighted by atomic mass is 35.5. The van der Waals surface area contributed by atoms with Crippen LogP contribution in [0, 0.1) is 0 Å². The van der Waals surface area contributed by atoms with Crippen molar-refractivity contribution in [1.29, 1.82) is 0 Å². The first-order valence-electron chi connectivity index (χ1n) is 8.91. The Labute approximate surface area is 161 Å². The van der Waals surface area contributed by atoms with Gasteiger partial charge in [0.05, 0.1) is 6.61 Å². The number of rotatable bonds is 7. The van der Waals surface area contributed by atoms with Crippen molar-refractivity contribution in [2.24, 2.45) is 14.1 Å². The van der Waals surface area contributed by atoms with E-state index in [1.165, 1.54) is 11.6 Å². The van der Waals surface area contributed by atoms with E-state index < -0.39 is 5.69 Å². The lowest BCUT2D eigenvalue weighted by Crippen LogP contribution is -2.37. The van der Waals surface area contributed by atoms with Crippen LogP contribution in [0.3, 0.4) is 0 Å². The largest absolute Gasteiger partial charge is 0.381 e. The molecule has 0 unspecified atom stereocenters. The van der Waals surface area contributed by atoms with Crippen molar-refractivity contribution in [2.45, 2.75) is 26.3 Å². The van der Waals surface area contributed by atoms with E-state index >= 15 is 0 Å². The molecule has 0 fully saturated rings. The van der Waals surface area contributed by atoms with Gasteiger partial charge in [0, 0.05) is 38.7 Å². The first-order chi connectivity index (χ1) is 12.9. The summed E-state index contributed by atoms with van der Waals surface area (Å²) in [5.74, 6) is 0.708. The number of ether oxygens (including phenoxy) is 1. The molecule has 0 spiro atoms. The van der Waals surface area contributed by atoms with E-state index in [4.69, 9.17) is 16.3 Å². The summed E-state index contributed by atoms with van der Waals surface area (Å²) >= 11 is 6.11. The number of benzene rings is 1. The van der Waals surface area contributed by atoms with Gasteiger partial charge in [-0.05, 0) is 24.1 Å². The van der Waals surface area contributed by atoms with Gasteiger partial charge < -0.3 is 9.30 Å². The monoisotopic (exact) mass is 390 g/mol. The van der Waals surface area contributed by atoms with Crippen LogP contribution in [0.2, 0.25) is 5.02 Å². The smallest absolute Gasteiger partial charge is 0.332 e. The molecule has 2 aromatic heterocycles. The summed E-state index contributed by atoms with van der Waals surface area (Å²) in [5, 5.41) is 0.630. The average Bonchev–Trinajstić information content (AvgIpc) is 3.00. The maximum absolute atomic E-state index is 12.8. The van der Waals surface area contributed by atoms with E-state index in [0.29, 0.717) is 48.2 Å². The number of aryl methyl sites for hydroxylation is 1. The molecule has 0 aliphatic rings. The molecule has 0 amide bonds. The van der Waals surface area contributed by atoms with E-state index in [9.17, 15) is 9.59 Å². The predicted molar refractivity (Wildman–Crippen MR) is 106 cm³/mol. The zero-order chi connectivity index (χ0) is 19.6. The highest BCUT2D eigenvalue weighted by Gasteiger charge is 2.19. The Morgan fingerprint density at radius 1 is 1.15 bits per heavy atom. The molecule has 0 atom stereocenters. The molecule has 0 N–H and O–H groups in total. The average molecular weight is 391 g/mol. The second-order valence-electron chi connectivity index (χ2n) is 6.48. The normalized spacial score (nSPS) is 11.4. The van der Waals surface area contributed by atoms with Crippen molar-refractivity contribution in [1.82, 2.24) is 18.7 Å². The summed E-state index contributed by atoms with van der Waals surface area (Å²) in [4.78, 5) is 29.7. The summed E-state index contributed by atoms with van der Waals surface area (Å²) in [5.41, 5.74) is 0.992. The number of hydrogen-bond acceptors (Lipinski definition) is 4. The fourth-order valence-corrected chi connectivity index (χ4v) is 3.29. The zero-order valence-electron chi connectivity index (χ0n) is 15.7. The van der Waals surface area contributed by atoms with Crippen molar-refractivity contribution >= 4 is 22.8 Å². The van der Waals surface area contributed by atoms with E-state index in [0.717, 1.165) is 16.6 Å². The van der Waals surface area contributed by atoms with Crippen LogP contribution in [0.25, 0.3) is 11.2 Å². The first kappa shape index (κ1) is 19.4. The quantitative estimate of drug-likeness (QED) is 0.579. The molecule has 0 saturated carbocycles. The molecule has 3 rings (SSSR count). The van der Waals surface area contributed by atoms with Crippen molar-refractivity contribution in [3.8, 4) is 0 Å². The van der Waals surface area contributed by atoms with Crippen LogP contribution >= 0.6 is 11.6 Å². The highest BCUT2D eigenvalue weighted by Crippen LogP contribution is 2.17. The number of fused-ring (bicyclic) bond motifs is 1. The molecular formula is C19H23ClN4O3. The van der Waals surface area contributed by atoms with Crippen molar-refractivity contribution in [2.75, 3.05) is 13.2 Å². The molecular weight excluding hydrogens is 368 g/mol. The van der Waals surface area contributed by atoms with E-state index in [-0.39, 0.29) is 5.56 Å². The molecule has 3 aromatic rings. The summed E-state index contributed by atoms with van der Waals surface area (Å²) in [6.45, 7) is 3.66. The Kier molecular flexibility index (Phi) is 5.82. The molecule has 144 valence electrons. The molecule has 8 heteroatoms. The van der Waals surface area contributed by atoms with Gasteiger partial charge in [0.1, 0.15) is 5.82 Å². The minimum atomic E-state index is -0.395. The molecule has 7 nitrogen and oxygen atoms in total. The lowest BCUT2D eigenvalue weighted by atomic mass is 10.2. The fraction of sp³-hybridized carbons (Fsp3) is 0.421. The van der Waals surface area contributed by atoms with Gasteiger partial charge in [-0.25, -0.2) is 9.78 Å². The van der Waals surface area contributed by atoms with E-state index in [1.54, 1.807) is 13.1 Å². The molecule has 0 radical (unpaired) electrons. The molecule has 2 heterocycles. The SMILES string of the molecule is CCCOCCc1nc2c(c(=O)n(C)c(=O)n2C)n1Cc1cccc(Cl)c1. The molecule has 27 heavy (non-hydrogen) atoms.